The first kappa shape index (κ1) is 23.4. The van der Waals surface area contributed by atoms with Crippen molar-refractivity contribution < 1.29 is 31.4 Å². The fraction of sp³-hybridized carbons (Fsp3) is 0.200. The maximum Gasteiger partial charge on any atom is 0.238 e. The summed E-state index contributed by atoms with van der Waals surface area (Å²) in [5, 5.41) is 16.4. The van der Waals surface area contributed by atoms with Crippen LogP contribution in [0.2, 0.25) is 0 Å². The number of sulfonamides is 1. The van der Waals surface area contributed by atoms with E-state index < -0.39 is 27.5 Å². The van der Waals surface area contributed by atoms with Crippen LogP contribution in [-0.4, -0.2) is 31.3 Å². The Bertz CT molecular complexity index is 1540. The van der Waals surface area contributed by atoms with Crippen LogP contribution < -0.4 is 5.14 Å². The van der Waals surface area contributed by atoms with E-state index >= 15 is 0 Å². The second-order valence-electron chi connectivity index (χ2n) is 8.47. The van der Waals surface area contributed by atoms with Gasteiger partial charge >= 0.3 is 0 Å². The molecule has 0 saturated carbocycles. The van der Waals surface area contributed by atoms with Gasteiger partial charge in [0.1, 0.15) is 11.6 Å². The number of hydrogen-bond donors (Lipinski definition) is 2. The molecule has 2 heterocycles. The molecule has 182 valence electrons. The molecule has 3 N–H and O–H groups in total. The Hall–Kier alpha value is -3.34. The van der Waals surface area contributed by atoms with E-state index in [-0.39, 0.29) is 27.8 Å². The van der Waals surface area contributed by atoms with Crippen molar-refractivity contribution in [1.29, 1.82) is 0 Å². The lowest BCUT2D eigenvalue weighted by Crippen LogP contribution is -2.17. The summed E-state index contributed by atoms with van der Waals surface area (Å²) in [7, 11) is -3.93. The van der Waals surface area contributed by atoms with E-state index in [0.29, 0.717) is 48.3 Å². The van der Waals surface area contributed by atoms with E-state index in [0.717, 1.165) is 18.2 Å². The molecular formula is C25H21F3N2O4S. The lowest BCUT2D eigenvalue weighted by atomic mass is 9.90. The zero-order valence-corrected chi connectivity index (χ0v) is 19.2. The van der Waals surface area contributed by atoms with Crippen LogP contribution in [0.1, 0.15) is 24.5 Å². The van der Waals surface area contributed by atoms with Crippen LogP contribution in [0, 0.1) is 17.5 Å². The Morgan fingerprint density at radius 2 is 1.63 bits per heavy atom. The molecule has 1 aliphatic rings. The van der Waals surface area contributed by atoms with Crippen molar-refractivity contribution in [1.82, 2.24) is 4.57 Å². The minimum absolute atomic E-state index is 0.0894. The number of nitrogens with two attached hydrogens (primary N) is 1. The fourth-order valence-electron chi connectivity index (χ4n) is 4.74. The van der Waals surface area contributed by atoms with Gasteiger partial charge in [-0.2, -0.15) is 0 Å². The second-order valence-corrected chi connectivity index (χ2v) is 10.0. The molecule has 1 saturated heterocycles. The van der Waals surface area contributed by atoms with E-state index in [9.17, 15) is 26.7 Å². The minimum Gasteiger partial charge on any atom is -0.507 e. The van der Waals surface area contributed by atoms with E-state index in [2.05, 4.69) is 0 Å². The number of phenolic OH excluding ortho intramolecular Hbond substituents is 1. The molecule has 5 rings (SSSR count). The Morgan fingerprint density at radius 1 is 0.943 bits per heavy atom. The molecule has 6 nitrogen and oxygen atoms in total. The zero-order chi connectivity index (χ0) is 24.9. The Morgan fingerprint density at radius 3 is 2.26 bits per heavy atom. The van der Waals surface area contributed by atoms with E-state index in [1.165, 1.54) is 24.3 Å². The standard InChI is InChI=1S/C25H21F3N2O4S/c26-16-11-21-24(22(31)12-16)23(14-1-4-18(5-2-14)35(29,32)33)25(15-7-9-34-10-8-15)30(21)17-3-6-19(27)20(28)13-17/h1-6,11-13,15,31H,7-10H2,(H2,29,32,33). The van der Waals surface area contributed by atoms with Gasteiger partial charge in [-0.05, 0) is 48.7 Å². The average Bonchev–Trinajstić information content (AvgIpc) is 3.16. The van der Waals surface area contributed by atoms with Crippen molar-refractivity contribution in [3.63, 3.8) is 0 Å². The molecule has 4 aromatic rings. The van der Waals surface area contributed by atoms with Gasteiger partial charge < -0.3 is 14.4 Å². The number of benzene rings is 3. The van der Waals surface area contributed by atoms with Crippen LogP contribution in [0.15, 0.2) is 59.5 Å². The van der Waals surface area contributed by atoms with Gasteiger partial charge in [0.25, 0.3) is 0 Å². The zero-order valence-electron chi connectivity index (χ0n) is 18.3. The number of halogens is 3. The highest BCUT2D eigenvalue weighted by molar-refractivity contribution is 7.89. The molecule has 0 aliphatic carbocycles. The molecule has 1 aliphatic heterocycles. The molecule has 0 unspecified atom stereocenters. The van der Waals surface area contributed by atoms with Gasteiger partial charge in [0.05, 0.1) is 15.8 Å². The topological polar surface area (TPSA) is 94.5 Å². The summed E-state index contributed by atoms with van der Waals surface area (Å²) in [6.45, 7) is 0.933. The van der Waals surface area contributed by atoms with Crippen molar-refractivity contribution >= 4 is 20.9 Å². The summed E-state index contributed by atoms with van der Waals surface area (Å²) in [6, 6.07) is 11.4. The fourth-order valence-corrected chi connectivity index (χ4v) is 5.26. The number of phenols is 1. The summed E-state index contributed by atoms with van der Waals surface area (Å²) in [6.07, 6.45) is 1.21. The first-order valence-electron chi connectivity index (χ1n) is 10.9. The van der Waals surface area contributed by atoms with Gasteiger partial charge in [-0.1, -0.05) is 12.1 Å². The molecule has 0 spiro atoms. The maximum atomic E-state index is 14.5. The maximum absolute atomic E-state index is 14.5. The van der Waals surface area contributed by atoms with Gasteiger partial charge in [0.2, 0.25) is 10.0 Å². The number of fused-ring (bicyclic) bond motifs is 1. The predicted molar refractivity (Wildman–Crippen MR) is 124 cm³/mol. The van der Waals surface area contributed by atoms with Crippen molar-refractivity contribution in [3.8, 4) is 22.6 Å². The van der Waals surface area contributed by atoms with Gasteiger partial charge in [-0.15, -0.1) is 0 Å². The summed E-state index contributed by atoms with van der Waals surface area (Å²) in [4.78, 5) is -0.0894. The van der Waals surface area contributed by atoms with Crippen molar-refractivity contribution in [2.75, 3.05) is 13.2 Å². The smallest absolute Gasteiger partial charge is 0.238 e. The lowest BCUT2D eigenvalue weighted by molar-refractivity contribution is 0.0843. The highest BCUT2D eigenvalue weighted by atomic mass is 32.2. The first-order valence-corrected chi connectivity index (χ1v) is 12.4. The van der Waals surface area contributed by atoms with Crippen LogP contribution in [0.4, 0.5) is 13.2 Å². The van der Waals surface area contributed by atoms with Crippen molar-refractivity contribution in [3.05, 3.63) is 77.7 Å². The monoisotopic (exact) mass is 502 g/mol. The number of nitrogens with zero attached hydrogens (tertiary/aromatic N) is 1. The third-order valence-electron chi connectivity index (χ3n) is 6.29. The normalized spacial score (nSPS) is 15.1. The number of primary sulfonamides is 1. The molecule has 1 fully saturated rings. The quantitative estimate of drug-likeness (QED) is 0.412. The van der Waals surface area contributed by atoms with Crippen LogP contribution in [0.25, 0.3) is 27.7 Å². The molecule has 0 atom stereocenters. The number of aromatic nitrogens is 1. The van der Waals surface area contributed by atoms with E-state index in [4.69, 9.17) is 9.88 Å². The SMILES string of the molecule is NS(=O)(=O)c1ccc(-c2c(C3CCOCC3)n(-c3ccc(F)c(F)c3)c3cc(F)cc(O)c23)cc1. The summed E-state index contributed by atoms with van der Waals surface area (Å²) < 4.78 is 73.2. The second kappa shape index (κ2) is 8.71. The van der Waals surface area contributed by atoms with Crippen LogP contribution >= 0.6 is 0 Å². The van der Waals surface area contributed by atoms with Gasteiger partial charge in [0.15, 0.2) is 11.6 Å². The van der Waals surface area contributed by atoms with Gasteiger partial charge in [-0.25, -0.2) is 26.7 Å². The summed E-state index contributed by atoms with van der Waals surface area (Å²) in [5.41, 5.74) is 2.26. The third kappa shape index (κ3) is 4.18. The Balaban J connectivity index is 1.89. The van der Waals surface area contributed by atoms with Crippen LogP contribution in [0.5, 0.6) is 5.75 Å². The molecule has 3 aromatic carbocycles. The van der Waals surface area contributed by atoms with E-state index in [1.807, 2.05) is 0 Å². The number of aromatic hydroxyl groups is 1. The summed E-state index contributed by atoms with van der Waals surface area (Å²) in [5.74, 6) is -3.25. The van der Waals surface area contributed by atoms with Crippen LogP contribution in [-0.2, 0) is 14.8 Å². The molecule has 0 amide bonds. The Kier molecular flexibility index (Phi) is 5.82. The summed E-state index contributed by atoms with van der Waals surface area (Å²) >= 11 is 0. The third-order valence-corrected chi connectivity index (χ3v) is 7.22. The number of hydrogen-bond acceptors (Lipinski definition) is 4. The van der Waals surface area contributed by atoms with Crippen molar-refractivity contribution in [2.45, 2.75) is 23.7 Å². The largest absolute Gasteiger partial charge is 0.507 e. The van der Waals surface area contributed by atoms with Crippen LogP contribution in [0.3, 0.4) is 0 Å². The molecule has 0 bridgehead atoms. The molecular weight excluding hydrogens is 481 g/mol. The molecule has 10 heteroatoms. The first-order chi connectivity index (χ1) is 16.6. The minimum atomic E-state index is -3.93. The highest BCUT2D eigenvalue weighted by Gasteiger charge is 2.30. The molecule has 0 radical (unpaired) electrons. The average molecular weight is 503 g/mol. The van der Waals surface area contributed by atoms with Gasteiger partial charge in [0, 0.05) is 48.2 Å². The van der Waals surface area contributed by atoms with E-state index in [1.54, 1.807) is 16.7 Å². The van der Waals surface area contributed by atoms with Gasteiger partial charge in [-0.3, -0.25) is 0 Å². The number of ether oxygens (including phenoxy) is 1. The number of rotatable bonds is 4. The predicted octanol–water partition coefficient (Wildman–Crippen LogP) is 4.96. The molecule has 1 aromatic heterocycles. The highest BCUT2D eigenvalue weighted by Crippen LogP contribution is 2.46. The molecule has 35 heavy (non-hydrogen) atoms. The lowest BCUT2D eigenvalue weighted by Gasteiger charge is -2.26. The Labute approximate surface area is 199 Å². The van der Waals surface area contributed by atoms with Crippen molar-refractivity contribution in [2.24, 2.45) is 5.14 Å².